The molecule has 1 N–H and O–H groups in total. The molecule has 1 aromatic carbocycles. The molecule has 0 saturated carbocycles. The van der Waals surface area contributed by atoms with Gasteiger partial charge in [-0.15, -0.1) is 0 Å². The zero-order valence-corrected chi connectivity index (χ0v) is 13.7. The molecule has 0 fully saturated rings. The minimum absolute atomic E-state index is 0.110. The van der Waals surface area contributed by atoms with Crippen LogP contribution in [0.15, 0.2) is 55.0 Å². The number of nitrogens with zero attached hydrogens (tertiary/aromatic N) is 2. The summed E-state index contributed by atoms with van der Waals surface area (Å²) >= 11 is 0. The van der Waals surface area contributed by atoms with Crippen molar-refractivity contribution in [2.24, 2.45) is 0 Å². The fraction of sp³-hybridized carbons (Fsp3) is 0.158. The molecule has 0 unspecified atom stereocenters. The zero-order chi connectivity index (χ0) is 17.6. The number of pyridine rings is 2. The first-order chi connectivity index (χ1) is 12.1. The van der Waals surface area contributed by atoms with E-state index in [1.807, 2.05) is 31.2 Å². The van der Waals surface area contributed by atoms with Crippen LogP contribution in [-0.4, -0.2) is 28.4 Å². The molecule has 0 aliphatic carbocycles. The standard InChI is InChI=1S/C19H17N3O3/c1-13-4-5-17-16(7-13)8-14(9-21-17)12-25-18(23)11-22-19(24)15-3-2-6-20-10-15/h2-10H,11-12H2,1H3,(H,22,24). The number of aromatic nitrogens is 2. The maximum atomic E-state index is 11.8. The minimum Gasteiger partial charge on any atom is -0.459 e. The lowest BCUT2D eigenvalue weighted by Crippen LogP contribution is -2.30. The second-order valence-electron chi connectivity index (χ2n) is 5.62. The predicted molar refractivity (Wildman–Crippen MR) is 92.8 cm³/mol. The molecule has 0 aliphatic heterocycles. The largest absolute Gasteiger partial charge is 0.459 e. The Morgan fingerprint density at radius 2 is 2.04 bits per heavy atom. The minimum atomic E-state index is -0.512. The molecule has 3 aromatic rings. The Hall–Kier alpha value is -3.28. The summed E-state index contributed by atoms with van der Waals surface area (Å²) in [6.07, 6.45) is 4.69. The lowest BCUT2D eigenvalue weighted by molar-refractivity contribution is -0.143. The Bertz CT molecular complexity index is 910. The Kier molecular flexibility index (Phi) is 4.99. The fourth-order valence-corrected chi connectivity index (χ4v) is 2.34. The number of hydrogen-bond donors (Lipinski definition) is 1. The molecule has 0 saturated heterocycles. The van der Waals surface area contributed by atoms with Crippen LogP contribution >= 0.6 is 0 Å². The van der Waals surface area contributed by atoms with Crippen LogP contribution in [0.5, 0.6) is 0 Å². The smallest absolute Gasteiger partial charge is 0.325 e. The molecule has 2 aromatic heterocycles. The highest BCUT2D eigenvalue weighted by Gasteiger charge is 2.09. The Morgan fingerprint density at radius 1 is 1.16 bits per heavy atom. The van der Waals surface area contributed by atoms with Gasteiger partial charge >= 0.3 is 5.97 Å². The molecule has 25 heavy (non-hydrogen) atoms. The molecule has 0 radical (unpaired) electrons. The molecule has 1 amide bonds. The fourth-order valence-electron chi connectivity index (χ4n) is 2.34. The van der Waals surface area contributed by atoms with Crippen LogP contribution in [0.4, 0.5) is 0 Å². The number of aryl methyl sites for hydroxylation is 1. The van der Waals surface area contributed by atoms with Gasteiger partial charge in [-0.1, -0.05) is 11.6 Å². The van der Waals surface area contributed by atoms with E-state index in [1.165, 1.54) is 6.20 Å². The number of fused-ring (bicyclic) bond motifs is 1. The number of nitrogens with one attached hydrogen (secondary N) is 1. The molecular weight excluding hydrogens is 318 g/mol. The van der Waals surface area contributed by atoms with Gasteiger partial charge in [-0.3, -0.25) is 19.6 Å². The maximum Gasteiger partial charge on any atom is 0.325 e. The first-order valence-corrected chi connectivity index (χ1v) is 7.81. The maximum absolute atomic E-state index is 11.8. The third kappa shape index (κ3) is 4.38. The average Bonchev–Trinajstić information content (AvgIpc) is 2.64. The van der Waals surface area contributed by atoms with Crippen molar-refractivity contribution in [3.8, 4) is 0 Å². The Balaban J connectivity index is 1.53. The highest BCUT2D eigenvalue weighted by Crippen LogP contribution is 2.15. The lowest BCUT2D eigenvalue weighted by Gasteiger charge is -2.07. The topological polar surface area (TPSA) is 81.2 Å². The van der Waals surface area contributed by atoms with Crippen LogP contribution in [0.25, 0.3) is 10.9 Å². The highest BCUT2D eigenvalue weighted by atomic mass is 16.5. The number of benzene rings is 1. The lowest BCUT2D eigenvalue weighted by atomic mass is 10.1. The summed E-state index contributed by atoms with van der Waals surface area (Å²) in [5.74, 6) is -0.880. The van der Waals surface area contributed by atoms with Crippen molar-refractivity contribution in [3.05, 3.63) is 71.7 Å². The van der Waals surface area contributed by atoms with Gasteiger partial charge in [0, 0.05) is 29.5 Å². The predicted octanol–water partition coefficient (Wildman–Crippen LogP) is 2.41. The number of hydrogen-bond acceptors (Lipinski definition) is 5. The van der Waals surface area contributed by atoms with Crippen molar-refractivity contribution in [3.63, 3.8) is 0 Å². The van der Waals surface area contributed by atoms with E-state index in [1.54, 1.807) is 24.5 Å². The number of ether oxygens (including phenoxy) is 1. The molecule has 2 heterocycles. The van der Waals surface area contributed by atoms with E-state index in [4.69, 9.17) is 4.74 Å². The van der Waals surface area contributed by atoms with E-state index >= 15 is 0 Å². The van der Waals surface area contributed by atoms with Crippen LogP contribution in [-0.2, 0) is 16.1 Å². The third-order valence-corrected chi connectivity index (χ3v) is 3.61. The van der Waals surface area contributed by atoms with Crippen molar-refractivity contribution < 1.29 is 14.3 Å². The van der Waals surface area contributed by atoms with Gasteiger partial charge in [0.25, 0.3) is 5.91 Å². The van der Waals surface area contributed by atoms with Crippen molar-refractivity contribution in [2.45, 2.75) is 13.5 Å². The average molecular weight is 335 g/mol. The van der Waals surface area contributed by atoms with Crippen LogP contribution in [0.1, 0.15) is 21.5 Å². The second kappa shape index (κ2) is 7.53. The number of carbonyl (C=O) groups excluding carboxylic acids is 2. The van der Waals surface area contributed by atoms with Crippen molar-refractivity contribution in [1.82, 2.24) is 15.3 Å². The summed E-state index contributed by atoms with van der Waals surface area (Å²) in [6, 6.07) is 11.2. The van der Waals surface area contributed by atoms with E-state index < -0.39 is 5.97 Å². The van der Waals surface area contributed by atoms with Gasteiger partial charge in [-0.05, 0) is 37.3 Å². The molecule has 126 valence electrons. The summed E-state index contributed by atoms with van der Waals surface area (Å²) in [5, 5.41) is 3.50. The van der Waals surface area contributed by atoms with Gasteiger partial charge < -0.3 is 10.1 Å². The SMILES string of the molecule is Cc1ccc2ncc(COC(=O)CNC(=O)c3cccnc3)cc2c1. The summed E-state index contributed by atoms with van der Waals surface area (Å²) in [5.41, 5.74) is 3.22. The Morgan fingerprint density at radius 3 is 2.84 bits per heavy atom. The normalized spacial score (nSPS) is 10.4. The molecular formula is C19H17N3O3. The molecule has 0 bridgehead atoms. The summed E-state index contributed by atoms with van der Waals surface area (Å²) in [6.45, 7) is 1.92. The first kappa shape index (κ1) is 16.6. The zero-order valence-electron chi connectivity index (χ0n) is 13.7. The summed E-state index contributed by atoms with van der Waals surface area (Å²) in [7, 11) is 0. The number of rotatable bonds is 5. The van der Waals surface area contributed by atoms with Crippen LogP contribution in [0, 0.1) is 6.92 Å². The quantitative estimate of drug-likeness (QED) is 0.724. The highest BCUT2D eigenvalue weighted by molar-refractivity contribution is 5.95. The van der Waals surface area contributed by atoms with Gasteiger partial charge in [0.2, 0.25) is 0 Å². The molecule has 0 atom stereocenters. The number of amides is 1. The van der Waals surface area contributed by atoms with Crippen molar-refractivity contribution in [1.29, 1.82) is 0 Å². The first-order valence-electron chi connectivity index (χ1n) is 7.81. The van der Waals surface area contributed by atoms with Gasteiger partial charge in [0.15, 0.2) is 0 Å². The molecule has 6 nitrogen and oxygen atoms in total. The van der Waals surface area contributed by atoms with E-state index in [9.17, 15) is 9.59 Å². The van der Waals surface area contributed by atoms with Gasteiger partial charge in [0.1, 0.15) is 13.2 Å². The summed E-state index contributed by atoms with van der Waals surface area (Å²) < 4.78 is 5.18. The van der Waals surface area contributed by atoms with Gasteiger partial charge in [-0.25, -0.2) is 0 Å². The number of carbonyl (C=O) groups is 2. The molecule has 0 spiro atoms. The monoisotopic (exact) mass is 335 g/mol. The van der Waals surface area contributed by atoms with E-state index in [-0.39, 0.29) is 19.1 Å². The molecule has 0 aliphatic rings. The molecule has 6 heteroatoms. The van der Waals surface area contributed by atoms with E-state index in [2.05, 4.69) is 15.3 Å². The van der Waals surface area contributed by atoms with E-state index in [0.29, 0.717) is 5.56 Å². The second-order valence-corrected chi connectivity index (χ2v) is 5.62. The van der Waals surface area contributed by atoms with Gasteiger partial charge in [-0.2, -0.15) is 0 Å². The van der Waals surface area contributed by atoms with Crippen LogP contribution < -0.4 is 5.32 Å². The summed E-state index contributed by atoms with van der Waals surface area (Å²) in [4.78, 5) is 31.8. The molecule has 3 rings (SSSR count). The van der Waals surface area contributed by atoms with Gasteiger partial charge in [0.05, 0.1) is 11.1 Å². The van der Waals surface area contributed by atoms with Crippen molar-refractivity contribution in [2.75, 3.05) is 6.54 Å². The van der Waals surface area contributed by atoms with Crippen molar-refractivity contribution >= 4 is 22.8 Å². The third-order valence-electron chi connectivity index (χ3n) is 3.61. The number of esters is 1. The van der Waals surface area contributed by atoms with Crippen LogP contribution in [0.3, 0.4) is 0 Å². The van der Waals surface area contributed by atoms with Crippen LogP contribution in [0.2, 0.25) is 0 Å². The Labute approximate surface area is 144 Å². The van der Waals surface area contributed by atoms with E-state index in [0.717, 1.165) is 22.0 Å².